The number of rotatable bonds is 3. The summed E-state index contributed by atoms with van der Waals surface area (Å²) in [5.41, 5.74) is 0. The lowest BCUT2D eigenvalue weighted by molar-refractivity contribution is -0.167. The van der Waals surface area contributed by atoms with E-state index in [1.165, 1.54) is 0 Å². The molecule has 0 bridgehead atoms. The van der Waals surface area contributed by atoms with Gasteiger partial charge in [0.05, 0.1) is 5.92 Å². The molecule has 0 aromatic carbocycles. The van der Waals surface area contributed by atoms with E-state index in [9.17, 15) is 14.4 Å². The normalized spacial score (nSPS) is 12.3. The van der Waals surface area contributed by atoms with Gasteiger partial charge in [-0.3, -0.25) is 14.4 Å². The van der Waals surface area contributed by atoms with E-state index in [1.54, 1.807) is 13.8 Å². The van der Waals surface area contributed by atoms with Crippen LogP contribution in [0.2, 0.25) is 0 Å². The number of carboxylic acid groups (broad SMARTS) is 1. The highest BCUT2D eigenvalue weighted by Gasteiger charge is 2.25. The Labute approximate surface area is 75.7 Å². The van der Waals surface area contributed by atoms with Gasteiger partial charge < -0.3 is 9.84 Å². The summed E-state index contributed by atoms with van der Waals surface area (Å²) in [4.78, 5) is 32.0. The number of hydrogen-bond donors (Lipinski definition) is 1. The first kappa shape index (κ1) is 11.6. The molecule has 13 heavy (non-hydrogen) atoms. The maximum absolute atomic E-state index is 10.9. The van der Waals surface area contributed by atoms with Crippen molar-refractivity contribution in [1.29, 1.82) is 0 Å². The van der Waals surface area contributed by atoms with E-state index in [1.807, 2.05) is 0 Å². The highest BCUT2D eigenvalue weighted by molar-refractivity contribution is 5.98. The van der Waals surface area contributed by atoms with Crippen molar-refractivity contribution in [3.05, 3.63) is 0 Å². The number of ether oxygens (including phenoxy) is 1. The zero-order valence-corrected chi connectivity index (χ0v) is 7.73. The van der Waals surface area contributed by atoms with Gasteiger partial charge in [0.15, 0.2) is 5.92 Å². The highest BCUT2D eigenvalue weighted by atomic mass is 16.6. The molecule has 1 N–H and O–H groups in total. The van der Waals surface area contributed by atoms with Crippen LogP contribution < -0.4 is 0 Å². The zero-order chi connectivity index (χ0) is 10.6. The van der Waals surface area contributed by atoms with Crippen molar-refractivity contribution < 1.29 is 24.2 Å². The van der Waals surface area contributed by atoms with Crippen LogP contribution in [-0.2, 0) is 19.1 Å². The molecule has 0 saturated carbocycles. The second-order valence-corrected chi connectivity index (χ2v) is 2.95. The van der Waals surface area contributed by atoms with E-state index in [4.69, 9.17) is 5.11 Å². The molecule has 5 heteroatoms. The smallest absolute Gasteiger partial charge is 0.327 e. The summed E-state index contributed by atoms with van der Waals surface area (Å²) in [5, 5.41) is 8.39. The van der Waals surface area contributed by atoms with Crippen molar-refractivity contribution in [3.63, 3.8) is 0 Å². The van der Waals surface area contributed by atoms with E-state index < -0.39 is 29.7 Å². The topological polar surface area (TPSA) is 80.7 Å². The Kier molecular flexibility index (Phi) is 4.10. The average molecular weight is 188 g/mol. The molecule has 0 aliphatic carbocycles. The lowest BCUT2D eigenvalue weighted by Gasteiger charge is -2.07. The fourth-order valence-corrected chi connectivity index (χ4v) is 0.406. The van der Waals surface area contributed by atoms with Crippen LogP contribution in [-0.4, -0.2) is 23.0 Å². The third-order valence-corrected chi connectivity index (χ3v) is 1.40. The van der Waals surface area contributed by atoms with Crippen molar-refractivity contribution in [2.24, 2.45) is 11.8 Å². The molecule has 0 aromatic rings. The highest BCUT2D eigenvalue weighted by Crippen LogP contribution is 2.02. The predicted molar refractivity (Wildman–Crippen MR) is 42.7 cm³/mol. The Morgan fingerprint density at radius 3 is 1.85 bits per heavy atom. The first-order valence-corrected chi connectivity index (χ1v) is 3.84. The van der Waals surface area contributed by atoms with Gasteiger partial charge >= 0.3 is 17.9 Å². The maximum Gasteiger partial charge on any atom is 0.327 e. The van der Waals surface area contributed by atoms with E-state index in [0.717, 1.165) is 6.92 Å². The monoisotopic (exact) mass is 188 g/mol. The Balaban J connectivity index is 4.16. The number of hydrogen-bond acceptors (Lipinski definition) is 4. The van der Waals surface area contributed by atoms with Gasteiger partial charge in [0.2, 0.25) is 0 Å². The molecule has 1 atom stereocenters. The first-order chi connectivity index (χ1) is 5.86. The summed E-state index contributed by atoms with van der Waals surface area (Å²) in [6.07, 6.45) is 0. The number of aliphatic carboxylic acids is 1. The van der Waals surface area contributed by atoms with Gasteiger partial charge in [-0.25, -0.2) is 0 Å². The first-order valence-electron chi connectivity index (χ1n) is 3.84. The number of carboxylic acids is 1. The number of esters is 2. The molecular formula is C8H12O5. The molecule has 0 heterocycles. The van der Waals surface area contributed by atoms with Crippen LogP contribution in [0.4, 0.5) is 0 Å². The summed E-state index contributed by atoms with van der Waals surface area (Å²) >= 11 is 0. The molecule has 0 aliphatic heterocycles. The van der Waals surface area contributed by atoms with Gasteiger partial charge in [0.25, 0.3) is 0 Å². The van der Waals surface area contributed by atoms with Crippen LogP contribution >= 0.6 is 0 Å². The molecule has 0 amide bonds. The Morgan fingerprint density at radius 1 is 1.08 bits per heavy atom. The Bertz CT molecular complexity index is 231. The largest absolute Gasteiger partial charge is 0.481 e. The van der Waals surface area contributed by atoms with Crippen LogP contribution in [0.25, 0.3) is 0 Å². The molecule has 0 spiro atoms. The molecule has 74 valence electrons. The fourth-order valence-electron chi connectivity index (χ4n) is 0.406. The maximum atomic E-state index is 10.9. The third kappa shape index (κ3) is 3.68. The van der Waals surface area contributed by atoms with Gasteiger partial charge in [-0.15, -0.1) is 0 Å². The molecule has 0 rings (SSSR count). The second kappa shape index (κ2) is 4.59. The Hall–Kier alpha value is -1.39. The average Bonchev–Trinajstić information content (AvgIpc) is 2.02. The summed E-state index contributed by atoms with van der Waals surface area (Å²) in [5.74, 6) is -4.78. The molecule has 0 radical (unpaired) electrons. The van der Waals surface area contributed by atoms with Gasteiger partial charge in [0.1, 0.15) is 0 Å². The van der Waals surface area contributed by atoms with Crippen LogP contribution in [0, 0.1) is 11.8 Å². The quantitative estimate of drug-likeness (QED) is 0.513. The van der Waals surface area contributed by atoms with Gasteiger partial charge in [0, 0.05) is 0 Å². The molecule has 0 fully saturated rings. The zero-order valence-electron chi connectivity index (χ0n) is 7.73. The van der Waals surface area contributed by atoms with Gasteiger partial charge in [-0.05, 0) is 6.92 Å². The summed E-state index contributed by atoms with van der Waals surface area (Å²) in [7, 11) is 0. The van der Waals surface area contributed by atoms with E-state index in [2.05, 4.69) is 4.74 Å². The van der Waals surface area contributed by atoms with Gasteiger partial charge in [-0.2, -0.15) is 0 Å². The third-order valence-electron chi connectivity index (χ3n) is 1.40. The van der Waals surface area contributed by atoms with Crippen LogP contribution in [0.1, 0.15) is 20.8 Å². The van der Waals surface area contributed by atoms with E-state index in [-0.39, 0.29) is 0 Å². The molecule has 1 unspecified atom stereocenters. The minimum atomic E-state index is -1.30. The molecule has 0 aliphatic rings. The lowest BCUT2D eigenvalue weighted by Crippen LogP contribution is -2.27. The summed E-state index contributed by atoms with van der Waals surface area (Å²) in [6, 6.07) is 0. The van der Waals surface area contributed by atoms with Crippen LogP contribution in [0.15, 0.2) is 0 Å². The van der Waals surface area contributed by atoms with Crippen molar-refractivity contribution in [2.75, 3.05) is 0 Å². The number of carbonyl (C=O) groups is 3. The van der Waals surface area contributed by atoms with Crippen LogP contribution in [0.3, 0.4) is 0 Å². The minimum Gasteiger partial charge on any atom is -0.481 e. The Morgan fingerprint density at radius 2 is 1.54 bits per heavy atom. The minimum absolute atomic E-state index is 0.440. The van der Waals surface area contributed by atoms with Crippen LogP contribution in [0.5, 0.6) is 0 Å². The number of carbonyl (C=O) groups excluding carboxylic acids is 2. The standard InChI is InChI=1S/C8H12O5/c1-4(2)7(11)13-8(12)5(3)6(9)10/h4-5H,1-3H3,(H,9,10). The van der Waals surface area contributed by atoms with Crippen molar-refractivity contribution >= 4 is 17.9 Å². The fraction of sp³-hybridized carbons (Fsp3) is 0.625. The van der Waals surface area contributed by atoms with Crippen molar-refractivity contribution in [2.45, 2.75) is 20.8 Å². The molecule has 5 nitrogen and oxygen atoms in total. The molecule has 0 aromatic heterocycles. The second-order valence-electron chi connectivity index (χ2n) is 2.95. The molecule has 0 saturated heterocycles. The van der Waals surface area contributed by atoms with Crippen molar-refractivity contribution in [3.8, 4) is 0 Å². The van der Waals surface area contributed by atoms with E-state index in [0.29, 0.717) is 0 Å². The summed E-state index contributed by atoms with van der Waals surface area (Å²) in [6.45, 7) is 4.28. The summed E-state index contributed by atoms with van der Waals surface area (Å²) < 4.78 is 4.28. The van der Waals surface area contributed by atoms with Gasteiger partial charge in [-0.1, -0.05) is 13.8 Å². The molecular weight excluding hydrogens is 176 g/mol. The van der Waals surface area contributed by atoms with E-state index >= 15 is 0 Å². The van der Waals surface area contributed by atoms with Crippen molar-refractivity contribution in [1.82, 2.24) is 0 Å². The predicted octanol–water partition coefficient (Wildman–Crippen LogP) is 0.433. The SMILES string of the molecule is CC(C)C(=O)OC(=O)C(C)C(=O)O. The lowest BCUT2D eigenvalue weighted by atomic mass is 10.2.